The Balaban J connectivity index is 1.92. The summed E-state index contributed by atoms with van der Waals surface area (Å²) in [7, 11) is 0. The highest BCUT2D eigenvalue weighted by Gasteiger charge is 2.04. The lowest BCUT2D eigenvalue weighted by Gasteiger charge is -2.08. The zero-order chi connectivity index (χ0) is 15.1. The Morgan fingerprint density at radius 2 is 1.95 bits per heavy atom. The van der Waals surface area contributed by atoms with Gasteiger partial charge in [-0.3, -0.25) is 4.79 Å². The minimum Gasteiger partial charge on any atom is -0.489 e. The van der Waals surface area contributed by atoms with Crippen LogP contribution in [0.25, 0.3) is 0 Å². The van der Waals surface area contributed by atoms with Gasteiger partial charge in [0.25, 0.3) is 5.91 Å². The van der Waals surface area contributed by atoms with Gasteiger partial charge in [-0.1, -0.05) is 29.8 Å². The van der Waals surface area contributed by atoms with Crippen molar-refractivity contribution in [2.45, 2.75) is 13.5 Å². The van der Waals surface area contributed by atoms with Gasteiger partial charge < -0.3 is 15.2 Å². The van der Waals surface area contributed by atoms with Gasteiger partial charge in [0.05, 0.1) is 6.61 Å². The lowest BCUT2D eigenvalue weighted by Crippen LogP contribution is -2.26. The van der Waals surface area contributed by atoms with E-state index in [1.807, 2.05) is 25.1 Å². The number of rotatable bonds is 6. The molecule has 1 amide bonds. The number of benzene rings is 2. The second-order valence-electron chi connectivity index (χ2n) is 4.78. The molecule has 2 N–H and O–H groups in total. The lowest BCUT2D eigenvalue weighted by atomic mass is 10.1. The van der Waals surface area contributed by atoms with Crippen molar-refractivity contribution < 1.29 is 14.6 Å². The van der Waals surface area contributed by atoms with Gasteiger partial charge in [-0.05, 0) is 36.8 Å². The number of aliphatic hydroxyl groups excluding tert-OH is 1. The minimum absolute atomic E-state index is 0.0660. The van der Waals surface area contributed by atoms with Crippen molar-refractivity contribution >= 4 is 5.91 Å². The summed E-state index contributed by atoms with van der Waals surface area (Å²) in [5, 5.41) is 11.3. The van der Waals surface area contributed by atoms with Crippen molar-refractivity contribution in [2.24, 2.45) is 0 Å². The summed E-state index contributed by atoms with van der Waals surface area (Å²) in [4.78, 5) is 11.7. The highest BCUT2D eigenvalue weighted by Crippen LogP contribution is 2.14. The van der Waals surface area contributed by atoms with E-state index >= 15 is 0 Å². The van der Waals surface area contributed by atoms with Crippen LogP contribution in [0.4, 0.5) is 0 Å². The van der Waals surface area contributed by atoms with E-state index in [-0.39, 0.29) is 19.1 Å². The highest BCUT2D eigenvalue weighted by molar-refractivity contribution is 5.94. The van der Waals surface area contributed by atoms with E-state index in [2.05, 4.69) is 11.4 Å². The average Bonchev–Trinajstić information content (AvgIpc) is 2.51. The van der Waals surface area contributed by atoms with Crippen LogP contribution in [0.1, 0.15) is 21.5 Å². The van der Waals surface area contributed by atoms with Crippen LogP contribution in [0.3, 0.4) is 0 Å². The molecule has 0 radical (unpaired) electrons. The number of hydrogen-bond acceptors (Lipinski definition) is 3. The van der Waals surface area contributed by atoms with Gasteiger partial charge >= 0.3 is 0 Å². The van der Waals surface area contributed by atoms with Gasteiger partial charge in [-0.25, -0.2) is 0 Å². The summed E-state index contributed by atoms with van der Waals surface area (Å²) in [5.41, 5.74) is 2.86. The molecule has 0 atom stereocenters. The first-order chi connectivity index (χ1) is 10.2. The molecule has 0 aromatic heterocycles. The maximum Gasteiger partial charge on any atom is 0.251 e. The normalized spacial score (nSPS) is 10.2. The number of hydrogen-bond donors (Lipinski definition) is 2. The number of amides is 1. The molecule has 0 aliphatic heterocycles. The van der Waals surface area contributed by atoms with E-state index in [4.69, 9.17) is 9.84 Å². The number of aryl methyl sites for hydroxylation is 1. The topological polar surface area (TPSA) is 58.6 Å². The van der Waals surface area contributed by atoms with E-state index in [9.17, 15) is 4.79 Å². The minimum atomic E-state index is -0.200. The lowest BCUT2D eigenvalue weighted by molar-refractivity contribution is 0.0944. The summed E-state index contributed by atoms with van der Waals surface area (Å²) in [5.74, 6) is 0.518. The zero-order valence-electron chi connectivity index (χ0n) is 12.0. The van der Waals surface area contributed by atoms with E-state index in [1.165, 1.54) is 5.56 Å². The standard InChI is InChI=1S/C17H19NO3/c1-13-3-2-4-14(11-13)12-21-16-7-5-15(6-8-16)17(20)18-9-10-19/h2-8,11,19H,9-10,12H2,1H3,(H,18,20). The fraction of sp³-hybridized carbons (Fsp3) is 0.235. The maximum atomic E-state index is 11.7. The van der Waals surface area contributed by atoms with Crippen molar-refractivity contribution in [1.82, 2.24) is 5.32 Å². The molecule has 0 aliphatic carbocycles. The Morgan fingerprint density at radius 3 is 2.62 bits per heavy atom. The van der Waals surface area contributed by atoms with Gasteiger partial charge in [0.15, 0.2) is 0 Å². The van der Waals surface area contributed by atoms with Crippen LogP contribution < -0.4 is 10.1 Å². The quantitative estimate of drug-likeness (QED) is 0.856. The molecule has 2 rings (SSSR count). The van der Waals surface area contributed by atoms with Gasteiger partial charge in [-0.2, -0.15) is 0 Å². The van der Waals surface area contributed by atoms with E-state index in [0.717, 1.165) is 11.3 Å². The third kappa shape index (κ3) is 4.61. The molecule has 0 fully saturated rings. The van der Waals surface area contributed by atoms with Crippen molar-refractivity contribution in [1.29, 1.82) is 0 Å². The first-order valence-corrected chi connectivity index (χ1v) is 6.86. The van der Waals surface area contributed by atoms with Crippen LogP contribution in [0.5, 0.6) is 5.75 Å². The third-order valence-corrected chi connectivity index (χ3v) is 3.00. The largest absolute Gasteiger partial charge is 0.489 e. The summed E-state index contributed by atoms with van der Waals surface area (Å²) in [6.45, 7) is 2.73. The number of ether oxygens (including phenoxy) is 1. The predicted molar refractivity (Wildman–Crippen MR) is 81.4 cm³/mol. The van der Waals surface area contributed by atoms with Crippen molar-refractivity contribution in [3.63, 3.8) is 0 Å². The molecule has 4 nitrogen and oxygen atoms in total. The van der Waals surface area contributed by atoms with Gasteiger partial charge in [0, 0.05) is 12.1 Å². The average molecular weight is 285 g/mol. The molecule has 2 aromatic carbocycles. The Morgan fingerprint density at radius 1 is 1.19 bits per heavy atom. The van der Waals surface area contributed by atoms with Crippen molar-refractivity contribution in [3.8, 4) is 5.75 Å². The molecule has 21 heavy (non-hydrogen) atoms. The molecule has 4 heteroatoms. The summed E-state index contributed by atoms with van der Waals surface area (Å²) in [6.07, 6.45) is 0. The van der Waals surface area contributed by atoms with Crippen LogP contribution in [0.15, 0.2) is 48.5 Å². The molecule has 0 heterocycles. The summed E-state index contributed by atoms with van der Waals surface area (Å²) < 4.78 is 5.69. The fourth-order valence-corrected chi connectivity index (χ4v) is 1.94. The van der Waals surface area contributed by atoms with Crippen LogP contribution in [-0.4, -0.2) is 24.2 Å². The molecule has 0 spiro atoms. The van der Waals surface area contributed by atoms with Crippen molar-refractivity contribution in [3.05, 3.63) is 65.2 Å². The molecule has 0 saturated carbocycles. The third-order valence-electron chi connectivity index (χ3n) is 3.00. The summed E-state index contributed by atoms with van der Waals surface area (Å²) >= 11 is 0. The SMILES string of the molecule is Cc1cccc(COc2ccc(C(=O)NCCO)cc2)c1. The Kier molecular flexibility index (Phi) is 5.35. The van der Waals surface area contributed by atoms with Crippen molar-refractivity contribution in [2.75, 3.05) is 13.2 Å². The van der Waals surface area contributed by atoms with Crippen LogP contribution in [-0.2, 0) is 6.61 Å². The first kappa shape index (κ1) is 15.1. The molecule has 0 aliphatic rings. The van der Waals surface area contributed by atoms with Gasteiger partial charge in [0.2, 0.25) is 0 Å². The molecule has 0 saturated heterocycles. The summed E-state index contributed by atoms with van der Waals surface area (Å²) in [6, 6.07) is 15.1. The Hall–Kier alpha value is -2.33. The van der Waals surface area contributed by atoms with Gasteiger partial charge in [0.1, 0.15) is 12.4 Å². The molecule has 2 aromatic rings. The zero-order valence-corrected chi connectivity index (χ0v) is 12.0. The fourth-order valence-electron chi connectivity index (χ4n) is 1.94. The second-order valence-corrected chi connectivity index (χ2v) is 4.78. The number of carbonyl (C=O) groups is 1. The Labute approximate surface area is 124 Å². The molecule has 0 bridgehead atoms. The van der Waals surface area contributed by atoms with E-state index < -0.39 is 0 Å². The molecule has 0 unspecified atom stereocenters. The van der Waals surface area contributed by atoms with Gasteiger partial charge in [-0.15, -0.1) is 0 Å². The number of nitrogens with one attached hydrogen (secondary N) is 1. The number of carbonyl (C=O) groups excluding carboxylic acids is 1. The maximum absolute atomic E-state index is 11.7. The molecular weight excluding hydrogens is 266 g/mol. The predicted octanol–water partition coefficient (Wildman–Crippen LogP) is 2.30. The second kappa shape index (κ2) is 7.45. The highest BCUT2D eigenvalue weighted by atomic mass is 16.5. The molecule has 110 valence electrons. The first-order valence-electron chi connectivity index (χ1n) is 6.86. The Bertz CT molecular complexity index is 593. The monoisotopic (exact) mass is 285 g/mol. The molecular formula is C17H19NO3. The smallest absolute Gasteiger partial charge is 0.251 e. The van der Waals surface area contributed by atoms with E-state index in [1.54, 1.807) is 24.3 Å². The number of aliphatic hydroxyl groups is 1. The van der Waals surface area contributed by atoms with Crippen LogP contribution in [0, 0.1) is 6.92 Å². The van der Waals surface area contributed by atoms with Crippen LogP contribution in [0.2, 0.25) is 0 Å². The van der Waals surface area contributed by atoms with E-state index in [0.29, 0.717) is 12.2 Å². The van der Waals surface area contributed by atoms with Crippen LogP contribution >= 0.6 is 0 Å².